The molecular formula is C11H15ClFN3O2. The Morgan fingerprint density at radius 3 is 2.61 bits per heavy atom. The Bertz CT molecular complexity index is 440. The van der Waals surface area contributed by atoms with Crippen LogP contribution < -0.4 is 16.4 Å². The molecule has 0 heterocycles. The highest BCUT2D eigenvalue weighted by atomic mass is 35.5. The predicted octanol–water partition coefficient (Wildman–Crippen LogP) is 0.894. The Balaban J connectivity index is 0.00000289. The Morgan fingerprint density at radius 1 is 1.39 bits per heavy atom. The minimum Gasteiger partial charge on any atom is -0.351 e. The second-order valence-electron chi connectivity index (χ2n) is 3.42. The van der Waals surface area contributed by atoms with Gasteiger partial charge < -0.3 is 16.4 Å². The molecule has 0 unspecified atom stereocenters. The average Bonchev–Trinajstić information content (AvgIpc) is 2.28. The van der Waals surface area contributed by atoms with E-state index in [2.05, 4.69) is 10.6 Å². The van der Waals surface area contributed by atoms with Crippen molar-refractivity contribution in [2.75, 3.05) is 18.4 Å². The zero-order valence-corrected chi connectivity index (χ0v) is 10.6. The van der Waals surface area contributed by atoms with Crippen molar-refractivity contribution in [3.8, 4) is 0 Å². The van der Waals surface area contributed by atoms with E-state index in [1.54, 1.807) is 0 Å². The quantitative estimate of drug-likeness (QED) is 0.763. The largest absolute Gasteiger partial charge is 0.351 e. The zero-order chi connectivity index (χ0) is 12.8. The first-order valence-electron chi connectivity index (χ1n) is 5.10. The van der Waals surface area contributed by atoms with Crippen molar-refractivity contribution in [3.63, 3.8) is 0 Å². The number of hydrogen-bond donors (Lipinski definition) is 3. The van der Waals surface area contributed by atoms with Crippen molar-refractivity contribution >= 4 is 29.9 Å². The molecule has 0 aliphatic heterocycles. The molecule has 7 heteroatoms. The van der Waals surface area contributed by atoms with E-state index in [-0.39, 0.29) is 37.0 Å². The van der Waals surface area contributed by atoms with Crippen LogP contribution in [0.4, 0.5) is 10.1 Å². The molecule has 4 N–H and O–H groups in total. The number of carbonyl (C=O) groups excluding carboxylic acids is 2. The van der Waals surface area contributed by atoms with Crippen LogP contribution in [0.25, 0.3) is 0 Å². The first-order valence-corrected chi connectivity index (χ1v) is 5.10. The van der Waals surface area contributed by atoms with Crippen LogP contribution in [-0.2, 0) is 4.79 Å². The van der Waals surface area contributed by atoms with Crippen molar-refractivity contribution in [3.05, 3.63) is 29.6 Å². The topological polar surface area (TPSA) is 84.2 Å². The molecule has 0 aliphatic carbocycles. The molecule has 0 saturated heterocycles. The molecule has 100 valence electrons. The normalized spacial score (nSPS) is 9.28. The van der Waals surface area contributed by atoms with Crippen molar-refractivity contribution in [2.24, 2.45) is 5.73 Å². The second kappa shape index (κ2) is 7.62. The molecule has 1 aromatic carbocycles. The lowest BCUT2D eigenvalue weighted by molar-refractivity contribution is -0.114. The summed E-state index contributed by atoms with van der Waals surface area (Å²) in [5, 5.41) is 4.93. The van der Waals surface area contributed by atoms with E-state index in [0.29, 0.717) is 5.69 Å². The summed E-state index contributed by atoms with van der Waals surface area (Å²) < 4.78 is 13.4. The molecule has 0 radical (unpaired) electrons. The zero-order valence-electron chi connectivity index (χ0n) is 9.83. The molecule has 1 rings (SSSR count). The van der Waals surface area contributed by atoms with Gasteiger partial charge in [-0.25, -0.2) is 4.39 Å². The fraction of sp³-hybridized carbons (Fsp3) is 0.273. The average molecular weight is 276 g/mol. The number of carbonyl (C=O) groups is 2. The van der Waals surface area contributed by atoms with Crippen LogP contribution in [0.5, 0.6) is 0 Å². The standard InChI is InChI=1S/C11H14FN3O2.ClH/c1-7(16)15-8-2-3-10(12)9(6-8)11(17)14-5-4-13;/h2-3,6H,4-5,13H2,1H3,(H,14,17)(H,15,16);1H. The minimum absolute atomic E-state index is 0. The number of halogens is 2. The molecule has 0 bridgehead atoms. The highest BCUT2D eigenvalue weighted by molar-refractivity contribution is 5.97. The summed E-state index contributed by atoms with van der Waals surface area (Å²) in [7, 11) is 0. The summed E-state index contributed by atoms with van der Waals surface area (Å²) in [5.41, 5.74) is 5.47. The molecular weight excluding hydrogens is 261 g/mol. The third kappa shape index (κ3) is 4.68. The van der Waals surface area contributed by atoms with Crippen LogP contribution in [-0.4, -0.2) is 24.9 Å². The highest BCUT2D eigenvalue weighted by Crippen LogP contribution is 2.14. The summed E-state index contributed by atoms with van der Waals surface area (Å²) in [5.74, 6) is -1.49. The van der Waals surface area contributed by atoms with Crippen molar-refractivity contribution in [1.29, 1.82) is 0 Å². The first kappa shape index (κ1) is 16.3. The van der Waals surface area contributed by atoms with Gasteiger partial charge in [0.2, 0.25) is 5.91 Å². The Hall–Kier alpha value is -1.66. The smallest absolute Gasteiger partial charge is 0.254 e. The molecule has 0 spiro atoms. The van der Waals surface area contributed by atoms with E-state index in [4.69, 9.17) is 5.73 Å². The monoisotopic (exact) mass is 275 g/mol. The van der Waals surface area contributed by atoms with E-state index >= 15 is 0 Å². The summed E-state index contributed by atoms with van der Waals surface area (Å²) in [6.07, 6.45) is 0. The molecule has 1 aromatic rings. The minimum atomic E-state index is -0.645. The molecule has 18 heavy (non-hydrogen) atoms. The molecule has 5 nitrogen and oxygen atoms in total. The lowest BCUT2D eigenvalue weighted by Gasteiger charge is -2.07. The second-order valence-corrected chi connectivity index (χ2v) is 3.42. The number of hydrogen-bond acceptors (Lipinski definition) is 3. The molecule has 0 saturated carbocycles. The molecule has 2 amide bonds. The van der Waals surface area contributed by atoms with Gasteiger partial charge in [0.05, 0.1) is 5.56 Å². The predicted molar refractivity (Wildman–Crippen MR) is 69.3 cm³/mol. The lowest BCUT2D eigenvalue weighted by atomic mass is 10.1. The van der Waals surface area contributed by atoms with Crippen LogP contribution in [0, 0.1) is 5.82 Å². The number of benzene rings is 1. The van der Waals surface area contributed by atoms with E-state index in [1.165, 1.54) is 19.1 Å². The molecule has 0 aliphatic rings. The summed E-state index contributed by atoms with van der Waals surface area (Å²) in [6.45, 7) is 1.87. The summed E-state index contributed by atoms with van der Waals surface area (Å²) in [4.78, 5) is 22.4. The highest BCUT2D eigenvalue weighted by Gasteiger charge is 2.12. The van der Waals surface area contributed by atoms with Gasteiger partial charge in [-0.1, -0.05) is 0 Å². The fourth-order valence-corrected chi connectivity index (χ4v) is 1.26. The molecule has 0 atom stereocenters. The maximum atomic E-state index is 13.4. The maximum absolute atomic E-state index is 13.4. The first-order chi connectivity index (χ1) is 8.04. The lowest BCUT2D eigenvalue weighted by Crippen LogP contribution is -2.29. The number of amides is 2. The number of nitrogens with two attached hydrogens (primary N) is 1. The Labute approximate surface area is 110 Å². The molecule has 0 fully saturated rings. The van der Waals surface area contributed by atoms with Crippen LogP contribution in [0.15, 0.2) is 18.2 Å². The van der Waals surface area contributed by atoms with Crippen molar-refractivity contribution in [1.82, 2.24) is 5.32 Å². The van der Waals surface area contributed by atoms with Gasteiger partial charge in [0.1, 0.15) is 5.82 Å². The van der Waals surface area contributed by atoms with Gasteiger partial charge in [0.25, 0.3) is 5.91 Å². The molecule has 0 aromatic heterocycles. The van der Waals surface area contributed by atoms with E-state index in [9.17, 15) is 14.0 Å². The maximum Gasteiger partial charge on any atom is 0.254 e. The van der Waals surface area contributed by atoms with Crippen LogP contribution >= 0.6 is 12.4 Å². The SMILES string of the molecule is CC(=O)Nc1ccc(F)c(C(=O)NCCN)c1.Cl. The summed E-state index contributed by atoms with van der Waals surface area (Å²) in [6, 6.07) is 3.79. The van der Waals surface area contributed by atoms with Crippen molar-refractivity contribution < 1.29 is 14.0 Å². The third-order valence-electron chi connectivity index (χ3n) is 1.96. The van der Waals surface area contributed by atoms with Crippen LogP contribution in [0.2, 0.25) is 0 Å². The Morgan fingerprint density at radius 2 is 2.06 bits per heavy atom. The Kier molecular flexibility index (Phi) is 6.92. The third-order valence-corrected chi connectivity index (χ3v) is 1.96. The van der Waals surface area contributed by atoms with Gasteiger partial charge >= 0.3 is 0 Å². The van der Waals surface area contributed by atoms with Gasteiger partial charge in [-0.3, -0.25) is 9.59 Å². The fourth-order valence-electron chi connectivity index (χ4n) is 1.26. The van der Waals surface area contributed by atoms with Gasteiger partial charge in [0, 0.05) is 25.7 Å². The van der Waals surface area contributed by atoms with E-state index in [1.807, 2.05) is 0 Å². The number of rotatable bonds is 4. The van der Waals surface area contributed by atoms with E-state index in [0.717, 1.165) is 6.07 Å². The number of nitrogens with one attached hydrogen (secondary N) is 2. The van der Waals surface area contributed by atoms with Gasteiger partial charge in [0.15, 0.2) is 0 Å². The van der Waals surface area contributed by atoms with Gasteiger partial charge in [-0.05, 0) is 18.2 Å². The van der Waals surface area contributed by atoms with Crippen LogP contribution in [0.3, 0.4) is 0 Å². The van der Waals surface area contributed by atoms with Gasteiger partial charge in [-0.2, -0.15) is 0 Å². The van der Waals surface area contributed by atoms with Crippen LogP contribution in [0.1, 0.15) is 17.3 Å². The van der Waals surface area contributed by atoms with E-state index < -0.39 is 11.7 Å². The van der Waals surface area contributed by atoms with Crippen molar-refractivity contribution in [2.45, 2.75) is 6.92 Å². The van der Waals surface area contributed by atoms with Gasteiger partial charge in [-0.15, -0.1) is 12.4 Å². The summed E-state index contributed by atoms with van der Waals surface area (Å²) >= 11 is 0. The number of anilines is 1.